The summed E-state index contributed by atoms with van der Waals surface area (Å²) in [5.74, 6) is 2.01. The van der Waals surface area contributed by atoms with E-state index in [0.29, 0.717) is 42.6 Å². The number of methoxy groups -OCH3 is 4. The first kappa shape index (κ1) is 42.2. The molecule has 4 aromatic carbocycles. The summed E-state index contributed by atoms with van der Waals surface area (Å²) >= 11 is 2.94. The van der Waals surface area contributed by atoms with Crippen LogP contribution in [0.3, 0.4) is 0 Å². The van der Waals surface area contributed by atoms with Crippen molar-refractivity contribution in [1.29, 1.82) is 0 Å². The van der Waals surface area contributed by atoms with E-state index in [0.717, 1.165) is 41.8 Å². The Kier molecular flexibility index (Phi) is 11.9. The van der Waals surface area contributed by atoms with Gasteiger partial charge in [-0.15, -0.1) is 0 Å². The van der Waals surface area contributed by atoms with Gasteiger partial charge in [-0.2, -0.15) is 0 Å². The van der Waals surface area contributed by atoms with Gasteiger partial charge in [0.2, 0.25) is 0 Å². The van der Waals surface area contributed by atoms with Crippen molar-refractivity contribution in [1.82, 2.24) is 0 Å². The summed E-state index contributed by atoms with van der Waals surface area (Å²) in [7, 11) is 3.01. The quantitative estimate of drug-likeness (QED) is 0.178. The Hall–Kier alpha value is -2.92. The van der Waals surface area contributed by atoms with E-state index >= 15 is 8.42 Å². The van der Waals surface area contributed by atoms with Gasteiger partial charge < -0.3 is 18.9 Å². The highest BCUT2D eigenvalue weighted by Crippen LogP contribution is 2.52. The summed E-state index contributed by atoms with van der Waals surface area (Å²) in [5, 5.41) is 0. The third kappa shape index (κ3) is 8.28. The van der Waals surface area contributed by atoms with Crippen LogP contribution in [0.25, 0.3) is 0 Å². The first-order chi connectivity index (χ1) is 24.9. The van der Waals surface area contributed by atoms with Crippen molar-refractivity contribution in [2.45, 2.75) is 144 Å². The second-order valence-electron chi connectivity index (χ2n) is 17.8. The summed E-state index contributed by atoms with van der Waals surface area (Å²) in [6, 6.07) is 16.5. The summed E-state index contributed by atoms with van der Waals surface area (Å²) in [4.78, 5) is 5.28. The Morgan fingerprint density at radius 3 is 0.704 bits per heavy atom. The van der Waals surface area contributed by atoms with Crippen molar-refractivity contribution < 1.29 is 27.4 Å². The van der Waals surface area contributed by atoms with Gasteiger partial charge in [0.25, 0.3) is 0 Å². The van der Waals surface area contributed by atoms with Crippen molar-refractivity contribution in [2.75, 3.05) is 28.4 Å². The standard InChI is InChI=1S/C44H56O6S4/c1-41(2,3)25-17-29-37(47-13)33(21-25)53(45)34-22-27(43(7,8)9)19-31(39(34)49-15)52-32-20-28(44(10,11)12)24-36(40(32)50-16)54(46)35-23-26(42(4,5)6)18-30(51-29)38(35)48-14/h17-24H,1-16H3. The Labute approximate surface area is 336 Å². The molecule has 1 heterocycles. The van der Waals surface area contributed by atoms with Gasteiger partial charge in [-0.25, -0.2) is 8.42 Å². The lowest BCUT2D eigenvalue weighted by Gasteiger charge is -2.27. The molecule has 292 valence electrons. The fourth-order valence-corrected chi connectivity index (χ4v) is 11.6. The maximum atomic E-state index is 15.3. The Bertz CT molecular complexity index is 1840. The van der Waals surface area contributed by atoms with Crippen molar-refractivity contribution in [3.8, 4) is 23.0 Å². The van der Waals surface area contributed by atoms with Gasteiger partial charge >= 0.3 is 0 Å². The summed E-state index contributed by atoms with van der Waals surface area (Å²) < 4.78 is 55.5. The molecule has 0 aromatic heterocycles. The zero-order valence-corrected chi connectivity index (χ0v) is 38.0. The summed E-state index contributed by atoms with van der Waals surface area (Å²) in [6.07, 6.45) is 0. The first-order valence-electron chi connectivity index (χ1n) is 18.0. The smallest absolute Gasteiger partial charge is 0.149 e. The minimum Gasteiger partial charge on any atom is -0.494 e. The minimum absolute atomic E-state index is 0.284. The highest BCUT2D eigenvalue weighted by molar-refractivity contribution is 8.00. The molecule has 0 saturated carbocycles. The second kappa shape index (κ2) is 15.2. The van der Waals surface area contributed by atoms with E-state index in [1.807, 2.05) is 24.3 Å². The molecule has 0 saturated heterocycles. The third-order valence-corrected chi connectivity index (χ3v) is 14.5. The van der Waals surface area contributed by atoms with E-state index < -0.39 is 21.6 Å². The number of fused-ring (bicyclic) bond motifs is 8. The molecule has 5 rings (SSSR count). The number of ether oxygens (including phenoxy) is 4. The van der Waals surface area contributed by atoms with Crippen molar-refractivity contribution in [3.63, 3.8) is 0 Å². The second-order valence-corrected chi connectivity index (χ2v) is 22.8. The van der Waals surface area contributed by atoms with Crippen LogP contribution in [0, 0.1) is 0 Å². The molecule has 0 aliphatic carbocycles. The molecule has 0 spiro atoms. The van der Waals surface area contributed by atoms with Gasteiger partial charge in [0, 0.05) is 0 Å². The zero-order chi connectivity index (χ0) is 40.3. The van der Waals surface area contributed by atoms with Crippen LogP contribution in [0.1, 0.15) is 105 Å². The molecular formula is C44H56O6S4. The van der Waals surface area contributed by atoms with Gasteiger partial charge in [0.1, 0.15) is 23.0 Å². The Morgan fingerprint density at radius 1 is 0.370 bits per heavy atom. The monoisotopic (exact) mass is 808 g/mol. The van der Waals surface area contributed by atoms with Crippen LogP contribution in [0.4, 0.5) is 0 Å². The first-order valence-corrected chi connectivity index (χ1v) is 22.0. The lowest BCUT2D eigenvalue weighted by atomic mass is 9.87. The number of hydrogen-bond acceptors (Lipinski definition) is 8. The van der Waals surface area contributed by atoms with E-state index in [-0.39, 0.29) is 21.7 Å². The molecule has 4 aromatic rings. The van der Waals surface area contributed by atoms with E-state index in [1.54, 1.807) is 28.4 Å². The van der Waals surface area contributed by atoms with Crippen LogP contribution in [-0.2, 0) is 43.3 Å². The third-order valence-electron chi connectivity index (χ3n) is 9.60. The SMILES string of the molecule is COc1c2cc(C(C)(C)C)cc1S(=O)c1cc(C(C)(C)C)cc(c1OC)Sc1cc(C(C)(C)C)cc(c1OC)S(=O)c1cc(C(C)(C)C)cc(c1OC)S2. The molecule has 54 heavy (non-hydrogen) atoms. The van der Waals surface area contributed by atoms with Crippen LogP contribution in [0.2, 0.25) is 0 Å². The summed E-state index contributed by atoms with van der Waals surface area (Å²) in [6.45, 7) is 25.7. The highest BCUT2D eigenvalue weighted by atomic mass is 32.2. The molecule has 0 unspecified atom stereocenters. The molecule has 0 fully saturated rings. The van der Waals surface area contributed by atoms with E-state index in [1.165, 1.54) is 23.5 Å². The normalized spacial score (nSPS) is 16.5. The molecule has 0 atom stereocenters. The molecule has 6 nitrogen and oxygen atoms in total. The van der Waals surface area contributed by atoms with Crippen LogP contribution in [0.5, 0.6) is 23.0 Å². The molecule has 0 amide bonds. The predicted octanol–water partition coefficient (Wildman–Crippen LogP) is 11.9. The van der Waals surface area contributed by atoms with Crippen LogP contribution in [0.15, 0.2) is 87.7 Å². The predicted molar refractivity (Wildman–Crippen MR) is 224 cm³/mol. The Morgan fingerprint density at radius 2 is 0.556 bits per heavy atom. The minimum atomic E-state index is -1.73. The average Bonchev–Trinajstić information content (AvgIpc) is 3.07. The molecule has 0 N–H and O–H groups in total. The average molecular weight is 809 g/mol. The number of benzene rings is 4. The molecule has 1 aliphatic rings. The highest BCUT2D eigenvalue weighted by Gasteiger charge is 2.33. The van der Waals surface area contributed by atoms with E-state index in [4.69, 9.17) is 18.9 Å². The summed E-state index contributed by atoms with van der Waals surface area (Å²) in [5.41, 5.74) is 2.86. The molecule has 8 bridgehead atoms. The maximum Gasteiger partial charge on any atom is 0.149 e. The van der Waals surface area contributed by atoms with E-state index in [2.05, 4.69) is 107 Å². The lowest BCUT2D eigenvalue weighted by molar-refractivity contribution is 0.387. The molecular weight excluding hydrogens is 753 g/mol. The Balaban J connectivity index is 2.05. The van der Waals surface area contributed by atoms with Gasteiger partial charge in [-0.1, -0.05) is 107 Å². The van der Waals surface area contributed by atoms with Gasteiger partial charge in [0.05, 0.1) is 89.2 Å². The fraction of sp³-hybridized carbons (Fsp3) is 0.455. The maximum absolute atomic E-state index is 15.3. The van der Waals surface area contributed by atoms with Crippen LogP contribution in [-0.4, -0.2) is 36.9 Å². The topological polar surface area (TPSA) is 71.1 Å². The molecule has 10 heteroatoms. The molecule has 0 radical (unpaired) electrons. The van der Waals surface area contributed by atoms with Gasteiger partial charge in [0.15, 0.2) is 0 Å². The van der Waals surface area contributed by atoms with E-state index in [9.17, 15) is 0 Å². The van der Waals surface area contributed by atoms with Crippen LogP contribution >= 0.6 is 23.5 Å². The van der Waals surface area contributed by atoms with Crippen LogP contribution < -0.4 is 18.9 Å². The van der Waals surface area contributed by atoms with Crippen molar-refractivity contribution in [3.05, 3.63) is 70.8 Å². The lowest BCUT2D eigenvalue weighted by Crippen LogP contribution is -2.15. The number of rotatable bonds is 4. The number of hydrogen-bond donors (Lipinski definition) is 0. The largest absolute Gasteiger partial charge is 0.494 e. The fourth-order valence-electron chi connectivity index (χ4n) is 6.17. The molecule has 1 aliphatic heterocycles. The van der Waals surface area contributed by atoms with Crippen molar-refractivity contribution >= 4 is 45.1 Å². The van der Waals surface area contributed by atoms with Crippen molar-refractivity contribution in [2.24, 2.45) is 0 Å². The zero-order valence-electron chi connectivity index (χ0n) is 34.7. The van der Waals surface area contributed by atoms with Gasteiger partial charge in [-0.3, -0.25) is 0 Å². The van der Waals surface area contributed by atoms with Gasteiger partial charge in [-0.05, 0) is 92.4 Å².